The van der Waals surface area contributed by atoms with Crippen molar-refractivity contribution in [1.29, 1.82) is 0 Å². The van der Waals surface area contributed by atoms with Gasteiger partial charge in [-0.05, 0) is 55.2 Å². The Hall–Kier alpha value is -4.71. The largest absolute Gasteiger partial charge is 0.467 e. The van der Waals surface area contributed by atoms with E-state index in [4.69, 9.17) is 9.47 Å². The van der Waals surface area contributed by atoms with Crippen LogP contribution in [0.1, 0.15) is 53.4 Å². The molecular formula is C35H35NO5. The summed E-state index contributed by atoms with van der Waals surface area (Å²) in [6.07, 6.45) is 0.168. The number of ether oxygens (including phenoxy) is 2. The highest BCUT2D eigenvalue weighted by Gasteiger charge is 2.45. The van der Waals surface area contributed by atoms with Crippen molar-refractivity contribution in [3.63, 3.8) is 0 Å². The first-order chi connectivity index (χ1) is 19.6. The maximum atomic E-state index is 14.6. The van der Waals surface area contributed by atoms with E-state index in [1.165, 1.54) is 7.11 Å². The average Bonchev–Trinajstić information content (AvgIpc) is 2.98. The lowest BCUT2D eigenvalue weighted by Gasteiger charge is -2.35. The van der Waals surface area contributed by atoms with Crippen molar-refractivity contribution in [2.45, 2.75) is 44.2 Å². The van der Waals surface area contributed by atoms with Crippen LogP contribution < -0.4 is 5.32 Å². The number of benzene rings is 4. The Bertz CT molecular complexity index is 1360. The van der Waals surface area contributed by atoms with E-state index in [0.29, 0.717) is 5.56 Å². The average molecular weight is 550 g/mol. The zero-order valence-corrected chi connectivity index (χ0v) is 23.8. The highest BCUT2D eigenvalue weighted by molar-refractivity contribution is 5.98. The molecule has 4 aromatic rings. The summed E-state index contributed by atoms with van der Waals surface area (Å²) in [6.45, 7) is 5.43. The zero-order chi connectivity index (χ0) is 29.5. The van der Waals surface area contributed by atoms with Crippen molar-refractivity contribution in [3.8, 4) is 0 Å². The van der Waals surface area contributed by atoms with Crippen LogP contribution in [0.2, 0.25) is 0 Å². The first-order valence-corrected chi connectivity index (χ1v) is 13.5. The molecule has 1 N–H and O–H groups in total. The van der Waals surface area contributed by atoms with Crippen molar-refractivity contribution in [2.75, 3.05) is 7.11 Å². The number of esters is 2. The lowest BCUT2D eigenvalue weighted by molar-refractivity contribution is -0.145. The second kappa shape index (κ2) is 12.6. The molecule has 0 aliphatic heterocycles. The first-order valence-electron chi connectivity index (χ1n) is 13.5. The predicted molar refractivity (Wildman–Crippen MR) is 158 cm³/mol. The fraction of sp³-hybridized carbons (Fsp3) is 0.229. The lowest BCUT2D eigenvalue weighted by Crippen LogP contribution is -2.52. The molecule has 210 valence electrons. The van der Waals surface area contributed by atoms with Crippen LogP contribution in [0.25, 0.3) is 0 Å². The topological polar surface area (TPSA) is 81.7 Å². The number of nitrogens with one attached hydrogen (secondary N) is 1. The molecule has 6 heteroatoms. The van der Waals surface area contributed by atoms with Gasteiger partial charge in [-0.3, -0.25) is 4.79 Å². The van der Waals surface area contributed by atoms with E-state index in [2.05, 4.69) is 5.32 Å². The third-order valence-electron chi connectivity index (χ3n) is 6.78. The molecular weight excluding hydrogens is 514 g/mol. The Balaban J connectivity index is 1.72. The molecule has 1 atom stereocenters. The van der Waals surface area contributed by atoms with Gasteiger partial charge < -0.3 is 14.8 Å². The van der Waals surface area contributed by atoms with Gasteiger partial charge in [0.2, 0.25) is 5.91 Å². The molecule has 0 heterocycles. The number of amides is 1. The molecule has 0 fully saturated rings. The Morgan fingerprint density at radius 1 is 0.683 bits per heavy atom. The van der Waals surface area contributed by atoms with Crippen molar-refractivity contribution in [2.24, 2.45) is 0 Å². The smallest absolute Gasteiger partial charge is 0.338 e. The predicted octanol–water partition coefficient (Wildman–Crippen LogP) is 5.88. The fourth-order valence-electron chi connectivity index (χ4n) is 4.91. The third kappa shape index (κ3) is 6.72. The van der Waals surface area contributed by atoms with Gasteiger partial charge in [0.15, 0.2) is 0 Å². The monoisotopic (exact) mass is 549 g/mol. The standard InChI is InChI=1S/C35H35NO5/c1-34(2,3)41-31(37)26-22-20-25(21-23-26)24-30(32(38)40-4)36-33(39)35(27-14-8-5-9-15-27,28-16-10-6-11-17-28)29-18-12-7-13-19-29/h5-23,30H,24H2,1-4H3,(H,36,39)/t30-/m0/s1. The van der Waals surface area contributed by atoms with Gasteiger partial charge in [0.05, 0.1) is 12.7 Å². The maximum absolute atomic E-state index is 14.6. The van der Waals surface area contributed by atoms with Crippen LogP contribution in [-0.2, 0) is 30.9 Å². The summed E-state index contributed by atoms with van der Waals surface area (Å²) in [7, 11) is 1.30. The van der Waals surface area contributed by atoms with Gasteiger partial charge in [-0.2, -0.15) is 0 Å². The van der Waals surface area contributed by atoms with Crippen molar-refractivity contribution >= 4 is 17.8 Å². The minimum Gasteiger partial charge on any atom is -0.467 e. The minimum absolute atomic E-state index is 0.168. The number of carbonyl (C=O) groups excluding carboxylic acids is 3. The third-order valence-corrected chi connectivity index (χ3v) is 6.78. The first kappa shape index (κ1) is 29.3. The normalized spacial score (nSPS) is 12.2. The summed E-state index contributed by atoms with van der Waals surface area (Å²) in [4.78, 5) is 40.0. The SMILES string of the molecule is COC(=O)[C@H](Cc1ccc(C(=O)OC(C)(C)C)cc1)NC(=O)C(c1ccccc1)(c1ccccc1)c1ccccc1. The molecule has 0 aliphatic carbocycles. The van der Waals surface area contributed by atoms with Gasteiger partial charge in [-0.25, -0.2) is 9.59 Å². The van der Waals surface area contributed by atoms with E-state index in [1.807, 2.05) is 112 Å². The molecule has 6 nitrogen and oxygen atoms in total. The lowest BCUT2D eigenvalue weighted by atomic mass is 9.68. The highest BCUT2D eigenvalue weighted by atomic mass is 16.6. The Kier molecular flexibility index (Phi) is 9.03. The van der Waals surface area contributed by atoms with Gasteiger partial charge in [0.1, 0.15) is 17.1 Å². The van der Waals surface area contributed by atoms with Gasteiger partial charge in [-0.15, -0.1) is 0 Å². The maximum Gasteiger partial charge on any atom is 0.338 e. The second-order valence-electron chi connectivity index (χ2n) is 10.8. The summed E-state index contributed by atoms with van der Waals surface area (Å²) < 4.78 is 10.6. The minimum atomic E-state index is -1.24. The molecule has 0 aromatic heterocycles. The summed E-state index contributed by atoms with van der Waals surface area (Å²) in [5.74, 6) is -1.36. The highest BCUT2D eigenvalue weighted by Crippen LogP contribution is 2.39. The second-order valence-corrected chi connectivity index (χ2v) is 10.8. The van der Waals surface area contributed by atoms with Gasteiger partial charge in [0.25, 0.3) is 0 Å². The van der Waals surface area contributed by atoms with Crippen LogP contribution in [-0.4, -0.2) is 36.6 Å². The van der Waals surface area contributed by atoms with E-state index < -0.39 is 29.0 Å². The van der Waals surface area contributed by atoms with Gasteiger partial charge in [-0.1, -0.05) is 103 Å². The van der Waals surface area contributed by atoms with Gasteiger partial charge >= 0.3 is 11.9 Å². The van der Waals surface area contributed by atoms with Gasteiger partial charge in [0, 0.05) is 6.42 Å². The van der Waals surface area contributed by atoms with Crippen molar-refractivity contribution < 1.29 is 23.9 Å². The van der Waals surface area contributed by atoms with E-state index in [-0.39, 0.29) is 12.3 Å². The van der Waals surface area contributed by atoms with Crippen LogP contribution in [0.3, 0.4) is 0 Å². The van der Waals surface area contributed by atoms with Crippen LogP contribution in [0.5, 0.6) is 0 Å². The van der Waals surface area contributed by atoms with Crippen LogP contribution >= 0.6 is 0 Å². The van der Waals surface area contributed by atoms with Crippen LogP contribution in [0, 0.1) is 0 Å². The molecule has 0 radical (unpaired) electrons. The molecule has 0 spiro atoms. The molecule has 4 aromatic carbocycles. The van der Waals surface area contributed by atoms with Crippen LogP contribution in [0.4, 0.5) is 0 Å². The number of carbonyl (C=O) groups is 3. The van der Waals surface area contributed by atoms with E-state index in [0.717, 1.165) is 22.3 Å². The molecule has 1 amide bonds. The summed E-state index contributed by atoms with van der Waals surface area (Å²) >= 11 is 0. The molecule has 4 rings (SSSR count). The molecule has 0 saturated carbocycles. The number of hydrogen-bond donors (Lipinski definition) is 1. The van der Waals surface area contributed by atoms with Crippen molar-refractivity contribution in [1.82, 2.24) is 5.32 Å². The van der Waals surface area contributed by atoms with E-state index in [1.54, 1.807) is 24.3 Å². The fourth-order valence-corrected chi connectivity index (χ4v) is 4.91. The Morgan fingerprint density at radius 3 is 1.51 bits per heavy atom. The van der Waals surface area contributed by atoms with Crippen molar-refractivity contribution in [3.05, 3.63) is 143 Å². The summed E-state index contributed by atoms with van der Waals surface area (Å²) in [5, 5.41) is 3.02. The molecule has 0 saturated heterocycles. The molecule has 0 unspecified atom stereocenters. The Labute approximate surface area is 241 Å². The summed E-state index contributed by atoms with van der Waals surface area (Å²) in [6, 6.07) is 34.4. The zero-order valence-electron chi connectivity index (χ0n) is 23.8. The molecule has 0 bridgehead atoms. The summed E-state index contributed by atoms with van der Waals surface area (Å²) in [5.41, 5.74) is 1.59. The van der Waals surface area contributed by atoms with Crippen LogP contribution in [0.15, 0.2) is 115 Å². The number of methoxy groups -OCH3 is 1. The van der Waals surface area contributed by atoms with E-state index >= 15 is 0 Å². The number of rotatable bonds is 9. The quantitative estimate of drug-likeness (QED) is 0.208. The molecule has 41 heavy (non-hydrogen) atoms. The number of hydrogen-bond acceptors (Lipinski definition) is 5. The van der Waals surface area contributed by atoms with E-state index in [9.17, 15) is 14.4 Å². The molecule has 0 aliphatic rings. The Morgan fingerprint density at radius 2 is 1.12 bits per heavy atom.